The van der Waals surface area contributed by atoms with Crippen molar-refractivity contribution in [3.63, 3.8) is 0 Å². The molecule has 0 aliphatic rings. The fraction of sp³-hybridized carbons (Fsp3) is 0. The number of carbonyl (C=O) groups is 1. The summed E-state index contributed by atoms with van der Waals surface area (Å²) in [5.41, 5.74) is 1.09. The average Bonchev–Trinajstić information content (AvgIpc) is 2.32. The van der Waals surface area contributed by atoms with Crippen molar-refractivity contribution in [2.24, 2.45) is 0 Å². The van der Waals surface area contributed by atoms with E-state index in [1.807, 2.05) is 0 Å². The van der Waals surface area contributed by atoms with Gasteiger partial charge in [0.15, 0.2) is 0 Å². The lowest BCUT2D eigenvalue weighted by molar-refractivity contribution is 0.102. The molecule has 0 radical (unpaired) electrons. The van der Waals surface area contributed by atoms with E-state index < -0.39 is 0 Å². The number of nitrogens with one attached hydrogen (secondary N) is 1. The van der Waals surface area contributed by atoms with E-state index in [2.05, 4.69) is 42.2 Å². The molecule has 0 spiro atoms. The molecule has 1 aromatic carbocycles. The molecule has 0 bridgehead atoms. The van der Waals surface area contributed by atoms with Crippen LogP contribution >= 0.6 is 43.5 Å². The number of nitrogens with zero attached hydrogens (tertiary/aromatic N) is 1. The van der Waals surface area contributed by atoms with Gasteiger partial charge < -0.3 is 5.32 Å². The summed E-state index contributed by atoms with van der Waals surface area (Å²) in [7, 11) is 0. The zero-order valence-corrected chi connectivity index (χ0v) is 12.9. The van der Waals surface area contributed by atoms with Crippen LogP contribution in [0.1, 0.15) is 10.4 Å². The van der Waals surface area contributed by atoms with Crippen LogP contribution in [-0.2, 0) is 0 Å². The number of hydrogen-bond donors (Lipinski definition) is 1. The molecule has 1 N–H and O–H groups in total. The molecule has 2 aromatic rings. The van der Waals surface area contributed by atoms with Crippen molar-refractivity contribution < 1.29 is 4.79 Å². The predicted octanol–water partition coefficient (Wildman–Crippen LogP) is 4.51. The summed E-state index contributed by atoms with van der Waals surface area (Å²) in [6.45, 7) is 0. The lowest BCUT2D eigenvalue weighted by atomic mass is 10.2. The van der Waals surface area contributed by atoms with Crippen LogP contribution in [0.15, 0.2) is 45.6 Å². The van der Waals surface area contributed by atoms with E-state index >= 15 is 0 Å². The summed E-state index contributed by atoms with van der Waals surface area (Å²) in [5.74, 6) is -0.246. The Hall–Kier alpha value is -0.910. The van der Waals surface area contributed by atoms with E-state index in [1.54, 1.807) is 36.7 Å². The number of anilines is 1. The van der Waals surface area contributed by atoms with Crippen LogP contribution in [0.4, 0.5) is 5.69 Å². The average molecular weight is 390 g/mol. The van der Waals surface area contributed by atoms with Crippen molar-refractivity contribution in [2.75, 3.05) is 5.32 Å². The summed E-state index contributed by atoms with van der Waals surface area (Å²) < 4.78 is 1.48. The Morgan fingerprint density at radius 3 is 2.72 bits per heavy atom. The van der Waals surface area contributed by atoms with Gasteiger partial charge in [-0.1, -0.05) is 11.6 Å². The first-order valence-electron chi connectivity index (χ1n) is 4.93. The van der Waals surface area contributed by atoms with Crippen molar-refractivity contribution in [1.29, 1.82) is 0 Å². The van der Waals surface area contributed by atoms with Crippen LogP contribution in [0, 0.1) is 0 Å². The lowest BCUT2D eigenvalue weighted by Crippen LogP contribution is -2.12. The van der Waals surface area contributed by atoms with Gasteiger partial charge in [0.25, 0.3) is 5.91 Å². The van der Waals surface area contributed by atoms with Gasteiger partial charge in [-0.3, -0.25) is 9.78 Å². The number of carbonyl (C=O) groups excluding carboxylic acids is 1. The molecule has 0 unspecified atom stereocenters. The van der Waals surface area contributed by atoms with Crippen LogP contribution in [0.3, 0.4) is 0 Å². The lowest BCUT2D eigenvalue weighted by Gasteiger charge is -2.07. The third-order valence-electron chi connectivity index (χ3n) is 2.14. The third kappa shape index (κ3) is 3.31. The molecule has 0 aliphatic carbocycles. The topological polar surface area (TPSA) is 42.0 Å². The third-order valence-corrected chi connectivity index (χ3v) is 3.50. The second-order valence-electron chi connectivity index (χ2n) is 3.47. The highest BCUT2D eigenvalue weighted by Crippen LogP contribution is 2.22. The zero-order chi connectivity index (χ0) is 13.1. The fourth-order valence-electron chi connectivity index (χ4n) is 1.35. The van der Waals surface area contributed by atoms with Crippen molar-refractivity contribution >= 4 is 55.1 Å². The van der Waals surface area contributed by atoms with E-state index in [9.17, 15) is 4.79 Å². The zero-order valence-electron chi connectivity index (χ0n) is 8.95. The molecule has 0 aliphatic heterocycles. The highest BCUT2D eigenvalue weighted by Gasteiger charge is 2.11. The van der Waals surface area contributed by atoms with Gasteiger partial charge in [0.1, 0.15) is 0 Å². The highest BCUT2D eigenvalue weighted by molar-refractivity contribution is 9.10. The van der Waals surface area contributed by atoms with E-state index in [4.69, 9.17) is 11.6 Å². The first-order chi connectivity index (χ1) is 8.56. The van der Waals surface area contributed by atoms with Crippen LogP contribution in [-0.4, -0.2) is 10.9 Å². The molecule has 3 nitrogen and oxygen atoms in total. The Bertz CT molecular complexity index is 604. The van der Waals surface area contributed by atoms with Gasteiger partial charge >= 0.3 is 0 Å². The number of benzene rings is 1. The molecule has 2 rings (SSSR count). The second kappa shape index (κ2) is 5.82. The maximum atomic E-state index is 12.1. The Morgan fingerprint density at radius 2 is 2.00 bits per heavy atom. The molecular weight excluding hydrogens is 383 g/mol. The molecule has 1 aromatic heterocycles. The summed E-state index contributed by atoms with van der Waals surface area (Å²) in [6, 6.07) is 6.81. The number of rotatable bonds is 2. The van der Waals surface area contributed by atoms with Crippen LogP contribution in [0.5, 0.6) is 0 Å². The Kier molecular flexibility index (Phi) is 4.37. The Labute approximate surface area is 126 Å². The SMILES string of the molecule is O=C(Nc1cncc(Br)c1)c1cc(Cl)ccc1Br. The number of aromatic nitrogens is 1. The van der Waals surface area contributed by atoms with E-state index in [1.165, 1.54) is 0 Å². The molecule has 92 valence electrons. The number of pyridine rings is 1. The highest BCUT2D eigenvalue weighted by atomic mass is 79.9. The number of halogens is 3. The molecule has 0 atom stereocenters. The van der Waals surface area contributed by atoms with Crippen LogP contribution in [0.25, 0.3) is 0 Å². The minimum Gasteiger partial charge on any atom is -0.321 e. The van der Waals surface area contributed by atoms with E-state index in [0.29, 0.717) is 20.7 Å². The molecule has 18 heavy (non-hydrogen) atoms. The van der Waals surface area contributed by atoms with E-state index in [-0.39, 0.29) is 5.91 Å². The van der Waals surface area contributed by atoms with Gasteiger partial charge in [-0.25, -0.2) is 0 Å². The monoisotopic (exact) mass is 388 g/mol. The minimum atomic E-state index is -0.246. The molecule has 1 heterocycles. The molecule has 0 fully saturated rings. The van der Waals surface area contributed by atoms with Crippen LogP contribution < -0.4 is 5.32 Å². The van der Waals surface area contributed by atoms with Gasteiger partial charge in [-0.15, -0.1) is 0 Å². The molecule has 0 saturated heterocycles. The van der Waals surface area contributed by atoms with Crippen LogP contribution in [0.2, 0.25) is 5.02 Å². The van der Waals surface area contributed by atoms with Gasteiger partial charge in [0.05, 0.1) is 17.4 Å². The van der Waals surface area contributed by atoms with Crippen molar-refractivity contribution in [2.45, 2.75) is 0 Å². The maximum Gasteiger partial charge on any atom is 0.256 e. The van der Waals surface area contributed by atoms with Gasteiger partial charge in [-0.2, -0.15) is 0 Å². The quantitative estimate of drug-likeness (QED) is 0.820. The summed E-state index contributed by atoms with van der Waals surface area (Å²) in [4.78, 5) is 16.0. The number of hydrogen-bond acceptors (Lipinski definition) is 2. The predicted molar refractivity (Wildman–Crippen MR) is 79.0 cm³/mol. The Morgan fingerprint density at radius 1 is 1.22 bits per heavy atom. The second-order valence-corrected chi connectivity index (χ2v) is 5.68. The largest absolute Gasteiger partial charge is 0.321 e. The molecule has 0 saturated carbocycles. The Balaban J connectivity index is 2.24. The van der Waals surface area contributed by atoms with Gasteiger partial charge in [0.2, 0.25) is 0 Å². The fourth-order valence-corrected chi connectivity index (χ4v) is 2.31. The standard InChI is InChI=1S/C12H7Br2ClN2O/c13-7-3-9(6-16-5-7)17-12(18)10-4-8(15)1-2-11(10)14/h1-6H,(H,17,18). The summed E-state index contributed by atoms with van der Waals surface area (Å²) in [6.07, 6.45) is 3.21. The smallest absolute Gasteiger partial charge is 0.256 e. The van der Waals surface area contributed by atoms with Gasteiger partial charge in [-0.05, 0) is 56.1 Å². The summed E-state index contributed by atoms with van der Waals surface area (Å²) >= 11 is 12.5. The first kappa shape index (κ1) is 13.5. The van der Waals surface area contributed by atoms with Crippen molar-refractivity contribution in [3.8, 4) is 0 Å². The molecule has 6 heteroatoms. The molecular formula is C12H7Br2ClN2O. The van der Waals surface area contributed by atoms with E-state index in [0.717, 1.165) is 4.47 Å². The van der Waals surface area contributed by atoms with Crippen molar-refractivity contribution in [1.82, 2.24) is 4.98 Å². The minimum absolute atomic E-state index is 0.246. The van der Waals surface area contributed by atoms with Crippen molar-refractivity contribution in [3.05, 3.63) is 56.2 Å². The molecule has 1 amide bonds. The van der Waals surface area contributed by atoms with Gasteiger partial charge in [0, 0.05) is 20.2 Å². The maximum absolute atomic E-state index is 12.1. The normalized spacial score (nSPS) is 10.2. The summed E-state index contributed by atoms with van der Waals surface area (Å²) in [5, 5.41) is 3.26. The number of amides is 1. The first-order valence-corrected chi connectivity index (χ1v) is 6.89.